The number of aryl methyl sites for hydroxylation is 1. The van der Waals surface area contributed by atoms with Gasteiger partial charge in [-0.15, -0.1) is 0 Å². The number of benzene rings is 4. The molecule has 174 valence electrons. The van der Waals surface area contributed by atoms with Gasteiger partial charge in [-0.1, -0.05) is 36.4 Å². The van der Waals surface area contributed by atoms with E-state index in [-0.39, 0.29) is 17.5 Å². The van der Waals surface area contributed by atoms with Crippen molar-refractivity contribution in [2.75, 3.05) is 0 Å². The Balaban J connectivity index is 1.98. The summed E-state index contributed by atoms with van der Waals surface area (Å²) >= 11 is 0. The summed E-state index contributed by atoms with van der Waals surface area (Å²) in [5.74, 6) is -14.8. The zero-order valence-electron chi connectivity index (χ0n) is 17.4. The topological polar surface area (TPSA) is 0 Å². The lowest BCUT2D eigenvalue weighted by Crippen LogP contribution is -2.01. The van der Waals surface area contributed by atoms with Gasteiger partial charge in [-0.25, -0.2) is 35.1 Å². The molecule has 0 amide bonds. The van der Waals surface area contributed by atoms with Crippen molar-refractivity contribution in [2.45, 2.75) is 13.3 Å². The smallest absolute Gasteiger partial charge is 0.198 e. The molecule has 0 saturated heterocycles. The number of halogens is 8. The highest BCUT2D eigenvalue weighted by atomic mass is 19.2. The van der Waals surface area contributed by atoms with Crippen LogP contribution in [0.4, 0.5) is 35.1 Å². The van der Waals surface area contributed by atoms with Gasteiger partial charge < -0.3 is 0 Å². The Kier molecular flexibility index (Phi) is 6.17. The molecule has 4 rings (SSSR count). The monoisotopic (exact) mass is 478 g/mol. The highest BCUT2D eigenvalue weighted by Crippen LogP contribution is 2.35. The minimum atomic E-state index is -2.05. The van der Waals surface area contributed by atoms with Crippen LogP contribution in [0.5, 0.6) is 0 Å². The largest absolute Gasteiger partial charge is 0.204 e. The number of hydrogen-bond acceptors (Lipinski definition) is 0. The normalized spacial score (nSPS) is 11.2. The summed E-state index contributed by atoms with van der Waals surface area (Å²) in [6.45, 7) is 1.81. The van der Waals surface area contributed by atoms with Crippen LogP contribution in [-0.4, -0.2) is 0 Å². The van der Waals surface area contributed by atoms with Crippen molar-refractivity contribution in [1.82, 2.24) is 0 Å². The number of rotatable bonds is 4. The van der Waals surface area contributed by atoms with Crippen LogP contribution in [0, 0.1) is 53.5 Å². The van der Waals surface area contributed by atoms with Crippen LogP contribution >= 0.6 is 0 Å². The average Bonchev–Trinajstić information content (AvgIpc) is 2.82. The third-order valence-electron chi connectivity index (χ3n) is 5.48. The second-order valence-electron chi connectivity index (χ2n) is 7.72. The Hall–Kier alpha value is -3.68. The van der Waals surface area contributed by atoms with E-state index in [1.807, 2.05) is 13.0 Å². The molecule has 8 heteroatoms. The molecule has 0 fully saturated rings. The Labute approximate surface area is 189 Å². The lowest BCUT2D eigenvalue weighted by atomic mass is 9.92. The van der Waals surface area contributed by atoms with E-state index < -0.39 is 57.7 Å². The molecular weight excluding hydrogens is 464 g/mol. The second-order valence-corrected chi connectivity index (χ2v) is 7.72. The van der Waals surface area contributed by atoms with Crippen LogP contribution in [0.1, 0.15) is 16.7 Å². The standard InChI is InChI=1S/C26H14F8/c1-12-4-2-3-5-14(12)6-13-7-15(17-10-19(27)23(31)25(33)21(17)29)9-16(8-13)18-11-20(28)24(32)26(34)22(18)30/h2-5,7-11H,6H2,1H3. The van der Waals surface area contributed by atoms with Crippen LogP contribution in [0.3, 0.4) is 0 Å². The Morgan fingerprint density at radius 2 is 1.00 bits per heavy atom. The number of hydrogen-bond donors (Lipinski definition) is 0. The maximum absolute atomic E-state index is 14.5. The Morgan fingerprint density at radius 3 is 1.47 bits per heavy atom. The first kappa shape index (κ1) is 23.5. The fourth-order valence-corrected chi connectivity index (χ4v) is 3.70. The van der Waals surface area contributed by atoms with Gasteiger partial charge in [0.2, 0.25) is 0 Å². The zero-order valence-corrected chi connectivity index (χ0v) is 17.4. The molecule has 34 heavy (non-hydrogen) atoms. The fraction of sp³-hybridized carbons (Fsp3) is 0.0769. The molecule has 0 unspecified atom stereocenters. The van der Waals surface area contributed by atoms with Gasteiger partial charge in [0.25, 0.3) is 0 Å². The van der Waals surface area contributed by atoms with Crippen molar-refractivity contribution in [2.24, 2.45) is 0 Å². The van der Waals surface area contributed by atoms with E-state index in [1.54, 1.807) is 18.2 Å². The van der Waals surface area contributed by atoms with Gasteiger partial charge in [0.1, 0.15) is 0 Å². The molecular formula is C26H14F8. The van der Waals surface area contributed by atoms with E-state index >= 15 is 0 Å². The minimum Gasteiger partial charge on any atom is -0.204 e. The molecule has 0 heterocycles. The summed E-state index contributed by atoms with van der Waals surface area (Å²) in [5, 5.41) is 0. The summed E-state index contributed by atoms with van der Waals surface area (Å²) in [4.78, 5) is 0. The second kappa shape index (κ2) is 8.93. The highest BCUT2D eigenvalue weighted by Gasteiger charge is 2.23. The van der Waals surface area contributed by atoms with Gasteiger partial charge in [0.05, 0.1) is 0 Å². The maximum atomic E-state index is 14.5. The molecule has 0 aliphatic rings. The molecule has 0 aliphatic carbocycles. The first-order valence-corrected chi connectivity index (χ1v) is 9.93. The molecule has 0 radical (unpaired) electrons. The van der Waals surface area contributed by atoms with Crippen molar-refractivity contribution in [1.29, 1.82) is 0 Å². The van der Waals surface area contributed by atoms with Crippen molar-refractivity contribution in [3.63, 3.8) is 0 Å². The van der Waals surface area contributed by atoms with Gasteiger partial charge in [-0.05, 0) is 59.4 Å². The van der Waals surface area contributed by atoms with E-state index in [0.29, 0.717) is 17.7 Å². The summed E-state index contributed by atoms with van der Waals surface area (Å²) in [6, 6.07) is 11.7. The zero-order chi connectivity index (χ0) is 24.7. The van der Waals surface area contributed by atoms with Crippen LogP contribution in [0.2, 0.25) is 0 Å². The van der Waals surface area contributed by atoms with Crippen molar-refractivity contribution < 1.29 is 35.1 Å². The quantitative estimate of drug-likeness (QED) is 0.158. The molecule has 0 N–H and O–H groups in total. The summed E-state index contributed by atoms with van der Waals surface area (Å²) in [7, 11) is 0. The summed E-state index contributed by atoms with van der Waals surface area (Å²) in [5.41, 5.74) is 0.224. The maximum Gasteiger partial charge on any atom is 0.198 e. The van der Waals surface area contributed by atoms with E-state index in [1.165, 1.54) is 12.1 Å². The van der Waals surface area contributed by atoms with Crippen molar-refractivity contribution >= 4 is 0 Å². The van der Waals surface area contributed by atoms with Gasteiger partial charge in [-0.3, -0.25) is 0 Å². The van der Waals surface area contributed by atoms with Gasteiger partial charge in [0.15, 0.2) is 46.5 Å². The van der Waals surface area contributed by atoms with Crippen molar-refractivity contribution in [3.05, 3.63) is 118 Å². The molecule has 0 aliphatic heterocycles. The van der Waals surface area contributed by atoms with Gasteiger partial charge in [-0.2, -0.15) is 0 Å². The highest BCUT2D eigenvalue weighted by molar-refractivity contribution is 5.75. The first-order valence-electron chi connectivity index (χ1n) is 9.93. The molecule has 0 bridgehead atoms. The predicted molar refractivity (Wildman–Crippen MR) is 111 cm³/mol. The average molecular weight is 478 g/mol. The van der Waals surface area contributed by atoms with Crippen molar-refractivity contribution in [3.8, 4) is 22.3 Å². The molecule has 0 atom stereocenters. The van der Waals surface area contributed by atoms with E-state index in [0.717, 1.165) is 17.2 Å². The van der Waals surface area contributed by atoms with E-state index in [4.69, 9.17) is 0 Å². The fourth-order valence-electron chi connectivity index (χ4n) is 3.70. The molecule has 0 nitrogen and oxygen atoms in total. The third kappa shape index (κ3) is 4.16. The van der Waals surface area contributed by atoms with Crippen LogP contribution in [0.15, 0.2) is 54.6 Å². The minimum absolute atomic E-state index is 0.176. The SMILES string of the molecule is Cc1ccccc1Cc1cc(-c2cc(F)c(F)c(F)c2F)cc(-c2cc(F)c(F)c(F)c2F)c1. The Morgan fingerprint density at radius 1 is 0.529 bits per heavy atom. The lowest BCUT2D eigenvalue weighted by molar-refractivity contribution is 0.410. The van der Waals surface area contributed by atoms with Crippen LogP contribution < -0.4 is 0 Å². The van der Waals surface area contributed by atoms with Gasteiger partial charge in [0, 0.05) is 11.1 Å². The van der Waals surface area contributed by atoms with Crippen LogP contribution in [-0.2, 0) is 6.42 Å². The van der Waals surface area contributed by atoms with E-state index in [9.17, 15) is 35.1 Å². The molecule has 4 aromatic rings. The third-order valence-corrected chi connectivity index (χ3v) is 5.48. The molecule has 4 aromatic carbocycles. The molecule has 0 saturated carbocycles. The molecule has 0 spiro atoms. The first-order chi connectivity index (χ1) is 16.1. The Bertz CT molecular complexity index is 1340. The summed E-state index contributed by atoms with van der Waals surface area (Å²) < 4.78 is 111. The van der Waals surface area contributed by atoms with E-state index in [2.05, 4.69) is 0 Å². The summed E-state index contributed by atoms with van der Waals surface area (Å²) in [6.07, 6.45) is 0.176. The van der Waals surface area contributed by atoms with Crippen LogP contribution in [0.25, 0.3) is 22.3 Å². The molecule has 0 aromatic heterocycles. The lowest BCUT2D eigenvalue weighted by Gasteiger charge is -2.14. The van der Waals surface area contributed by atoms with Gasteiger partial charge >= 0.3 is 0 Å². The predicted octanol–water partition coefficient (Wildman–Crippen LogP) is 8.03.